The smallest absolute Gasteiger partial charge is 0.163 e. The van der Waals surface area contributed by atoms with Crippen LogP contribution in [0.25, 0.3) is 0 Å². The van der Waals surface area contributed by atoms with E-state index in [1.54, 1.807) is 6.07 Å². The van der Waals surface area contributed by atoms with E-state index >= 15 is 0 Å². The van der Waals surface area contributed by atoms with Gasteiger partial charge in [-0.2, -0.15) is 0 Å². The molecule has 114 valence electrons. The Bertz CT molecular complexity index is 399. The molecule has 0 bridgehead atoms. The molecule has 0 atom stereocenters. The Morgan fingerprint density at radius 2 is 1.75 bits per heavy atom. The molecule has 0 aliphatic carbocycles. The zero-order valence-corrected chi connectivity index (χ0v) is 12.5. The fraction of sp³-hybridized carbons (Fsp3) is 0.600. The lowest BCUT2D eigenvalue weighted by molar-refractivity contribution is 0.138. The third-order valence-corrected chi connectivity index (χ3v) is 2.92. The van der Waals surface area contributed by atoms with Crippen LogP contribution in [0.15, 0.2) is 12.1 Å². The van der Waals surface area contributed by atoms with Crippen LogP contribution < -0.4 is 14.8 Å². The minimum absolute atomic E-state index is 0.296. The van der Waals surface area contributed by atoms with E-state index < -0.39 is 0 Å². The number of halogens is 1. The van der Waals surface area contributed by atoms with Crippen LogP contribution in [0.3, 0.4) is 0 Å². The minimum atomic E-state index is -0.296. The Hall–Kier alpha value is -1.33. The summed E-state index contributed by atoms with van der Waals surface area (Å²) >= 11 is 0. The summed E-state index contributed by atoms with van der Waals surface area (Å²) in [6.07, 6.45) is 1.62. The summed E-state index contributed by atoms with van der Waals surface area (Å²) in [6, 6.07) is 3.00. The maximum absolute atomic E-state index is 13.8. The van der Waals surface area contributed by atoms with Crippen molar-refractivity contribution in [2.75, 3.05) is 40.5 Å². The summed E-state index contributed by atoms with van der Waals surface area (Å²) in [5.41, 5.74) is 0.573. The van der Waals surface area contributed by atoms with E-state index in [0.29, 0.717) is 36.7 Å². The number of hydrogen-bond acceptors (Lipinski definition) is 4. The first kappa shape index (κ1) is 16.7. The van der Waals surface area contributed by atoms with Crippen LogP contribution in [0.4, 0.5) is 4.39 Å². The summed E-state index contributed by atoms with van der Waals surface area (Å²) in [5, 5.41) is 3.24. The number of benzene rings is 1. The molecule has 1 rings (SSSR count). The molecule has 20 heavy (non-hydrogen) atoms. The second-order valence-electron chi connectivity index (χ2n) is 4.41. The van der Waals surface area contributed by atoms with Crippen LogP contribution >= 0.6 is 0 Å². The van der Waals surface area contributed by atoms with Crippen molar-refractivity contribution in [2.24, 2.45) is 0 Å². The highest BCUT2D eigenvalue weighted by molar-refractivity contribution is 5.43. The molecule has 0 unspecified atom stereocenters. The lowest BCUT2D eigenvalue weighted by atomic mass is 10.1. The van der Waals surface area contributed by atoms with Gasteiger partial charge in [-0.3, -0.25) is 0 Å². The van der Waals surface area contributed by atoms with Crippen LogP contribution in [0, 0.1) is 5.82 Å². The average molecular weight is 285 g/mol. The second kappa shape index (κ2) is 9.55. The first-order valence-corrected chi connectivity index (χ1v) is 6.91. The van der Waals surface area contributed by atoms with Gasteiger partial charge in [0.25, 0.3) is 0 Å². The van der Waals surface area contributed by atoms with Crippen molar-refractivity contribution < 1.29 is 18.6 Å². The van der Waals surface area contributed by atoms with Crippen LogP contribution in [0.1, 0.15) is 18.9 Å². The lowest BCUT2D eigenvalue weighted by Gasteiger charge is -2.11. The van der Waals surface area contributed by atoms with Crippen molar-refractivity contribution in [2.45, 2.75) is 19.8 Å². The average Bonchev–Trinajstić information content (AvgIpc) is 2.47. The summed E-state index contributed by atoms with van der Waals surface area (Å²) in [6.45, 7) is 5.05. The lowest BCUT2D eigenvalue weighted by Crippen LogP contribution is -2.20. The number of hydrogen-bond donors (Lipinski definition) is 1. The zero-order chi connectivity index (χ0) is 14.8. The van der Waals surface area contributed by atoms with Crippen molar-refractivity contribution in [3.05, 3.63) is 23.5 Å². The summed E-state index contributed by atoms with van der Waals surface area (Å²) in [4.78, 5) is 0. The van der Waals surface area contributed by atoms with E-state index in [1.807, 2.05) is 0 Å². The monoisotopic (exact) mass is 285 g/mol. The largest absolute Gasteiger partial charge is 0.493 e. The van der Waals surface area contributed by atoms with Crippen molar-refractivity contribution in [3.63, 3.8) is 0 Å². The minimum Gasteiger partial charge on any atom is -0.493 e. The van der Waals surface area contributed by atoms with Gasteiger partial charge in [0.1, 0.15) is 5.82 Å². The molecule has 4 nitrogen and oxygen atoms in total. The SMILES string of the molecule is CCCNCCOCCc1cc(OC)c(OC)cc1F. The quantitative estimate of drug-likeness (QED) is 0.670. The van der Waals surface area contributed by atoms with Crippen LogP contribution in [-0.2, 0) is 11.2 Å². The molecule has 0 saturated heterocycles. The Morgan fingerprint density at radius 1 is 1.05 bits per heavy atom. The first-order valence-electron chi connectivity index (χ1n) is 6.91. The van der Waals surface area contributed by atoms with E-state index in [2.05, 4.69) is 12.2 Å². The molecule has 1 aromatic carbocycles. The Balaban J connectivity index is 2.40. The summed E-state index contributed by atoms with van der Waals surface area (Å²) < 4.78 is 29.5. The molecule has 0 heterocycles. The highest BCUT2D eigenvalue weighted by atomic mass is 19.1. The predicted octanol–water partition coefficient (Wildman–Crippen LogP) is 2.40. The van der Waals surface area contributed by atoms with E-state index in [0.717, 1.165) is 19.5 Å². The highest BCUT2D eigenvalue weighted by Crippen LogP contribution is 2.29. The van der Waals surface area contributed by atoms with Gasteiger partial charge in [0, 0.05) is 12.6 Å². The normalized spacial score (nSPS) is 10.6. The molecule has 0 aliphatic rings. The maximum atomic E-state index is 13.8. The summed E-state index contributed by atoms with van der Waals surface area (Å²) in [7, 11) is 3.03. The van der Waals surface area contributed by atoms with Crippen molar-refractivity contribution >= 4 is 0 Å². The van der Waals surface area contributed by atoms with Crippen LogP contribution in [0.5, 0.6) is 11.5 Å². The van der Waals surface area contributed by atoms with Gasteiger partial charge in [-0.25, -0.2) is 4.39 Å². The molecular formula is C15H24FNO3. The summed E-state index contributed by atoms with van der Waals surface area (Å²) in [5.74, 6) is 0.641. The fourth-order valence-electron chi connectivity index (χ4n) is 1.82. The van der Waals surface area contributed by atoms with Crippen molar-refractivity contribution in [1.82, 2.24) is 5.32 Å². The molecule has 0 fully saturated rings. The third kappa shape index (κ3) is 5.35. The van der Waals surface area contributed by atoms with Gasteiger partial charge in [0.2, 0.25) is 0 Å². The predicted molar refractivity (Wildman–Crippen MR) is 77.2 cm³/mol. The van der Waals surface area contributed by atoms with Crippen LogP contribution in [0.2, 0.25) is 0 Å². The molecule has 1 aromatic rings. The topological polar surface area (TPSA) is 39.7 Å². The van der Waals surface area contributed by atoms with E-state index in [9.17, 15) is 4.39 Å². The highest BCUT2D eigenvalue weighted by Gasteiger charge is 2.10. The molecule has 0 radical (unpaired) electrons. The Morgan fingerprint density at radius 3 is 2.40 bits per heavy atom. The van der Waals surface area contributed by atoms with Gasteiger partial charge >= 0.3 is 0 Å². The Labute approximate surface area is 120 Å². The number of ether oxygens (including phenoxy) is 3. The van der Waals surface area contributed by atoms with E-state index in [-0.39, 0.29) is 5.82 Å². The van der Waals surface area contributed by atoms with Crippen LogP contribution in [-0.4, -0.2) is 40.5 Å². The van der Waals surface area contributed by atoms with Crippen molar-refractivity contribution in [3.8, 4) is 11.5 Å². The molecule has 0 spiro atoms. The molecule has 0 amide bonds. The van der Waals surface area contributed by atoms with Gasteiger partial charge in [-0.15, -0.1) is 0 Å². The Kier molecular flexibility index (Phi) is 7.99. The van der Waals surface area contributed by atoms with Gasteiger partial charge < -0.3 is 19.5 Å². The second-order valence-corrected chi connectivity index (χ2v) is 4.41. The van der Waals surface area contributed by atoms with Gasteiger partial charge in [-0.05, 0) is 31.0 Å². The zero-order valence-electron chi connectivity index (χ0n) is 12.5. The van der Waals surface area contributed by atoms with E-state index in [4.69, 9.17) is 14.2 Å². The van der Waals surface area contributed by atoms with Gasteiger partial charge in [0.15, 0.2) is 11.5 Å². The molecular weight excluding hydrogens is 261 g/mol. The van der Waals surface area contributed by atoms with Gasteiger partial charge in [0.05, 0.1) is 27.4 Å². The number of rotatable bonds is 10. The standard InChI is InChI=1S/C15H24FNO3/c1-4-6-17-7-9-20-8-5-12-10-14(18-2)15(19-3)11-13(12)16/h10-11,17H,4-9H2,1-3H3. The third-order valence-electron chi connectivity index (χ3n) is 2.92. The maximum Gasteiger partial charge on any atom is 0.163 e. The molecule has 1 N–H and O–H groups in total. The van der Waals surface area contributed by atoms with Crippen molar-refractivity contribution in [1.29, 1.82) is 0 Å². The molecule has 0 aromatic heterocycles. The molecule has 5 heteroatoms. The van der Waals surface area contributed by atoms with Gasteiger partial charge in [-0.1, -0.05) is 6.92 Å². The fourth-order valence-corrected chi connectivity index (χ4v) is 1.82. The number of methoxy groups -OCH3 is 2. The molecule has 0 aliphatic heterocycles. The number of nitrogens with one attached hydrogen (secondary N) is 1. The molecule has 0 saturated carbocycles. The van der Waals surface area contributed by atoms with E-state index in [1.165, 1.54) is 20.3 Å². The first-order chi connectivity index (χ1) is 9.72.